The van der Waals surface area contributed by atoms with Gasteiger partial charge in [0.2, 0.25) is 5.78 Å². The molecule has 0 spiro atoms. The van der Waals surface area contributed by atoms with Crippen LogP contribution in [0.15, 0.2) is 12.3 Å². The highest BCUT2D eigenvalue weighted by Gasteiger charge is 2.53. The van der Waals surface area contributed by atoms with Gasteiger partial charge in [-0.25, -0.2) is 0 Å². The van der Waals surface area contributed by atoms with Crippen molar-refractivity contribution in [2.75, 3.05) is 13.2 Å². The van der Waals surface area contributed by atoms with Crippen LogP contribution in [-0.2, 0) is 18.4 Å². The van der Waals surface area contributed by atoms with Crippen molar-refractivity contribution >= 4 is 13.4 Å². The van der Waals surface area contributed by atoms with Gasteiger partial charge in [-0.2, -0.15) is 26.3 Å². The average molecular weight is 357 g/mol. The molecule has 130 valence electrons. The molecule has 0 fully saturated rings. The molecule has 0 aliphatic carbocycles. The largest absolute Gasteiger partial charge is 0.454 e. The van der Waals surface area contributed by atoms with Gasteiger partial charge in [-0.05, 0) is 13.8 Å². The molecule has 1 unspecified atom stereocenters. The molecule has 22 heavy (non-hydrogen) atoms. The fourth-order valence-corrected chi connectivity index (χ4v) is 2.94. The van der Waals surface area contributed by atoms with Crippen LogP contribution in [-0.4, -0.2) is 37.1 Å². The van der Waals surface area contributed by atoms with Crippen LogP contribution >= 0.6 is 7.60 Å². The number of allylic oxidation sites excluding steroid dienone is 1. The average Bonchev–Trinajstić information content (AvgIpc) is 2.31. The van der Waals surface area contributed by atoms with E-state index in [1.807, 2.05) is 0 Å². The molecule has 12 heteroatoms. The summed E-state index contributed by atoms with van der Waals surface area (Å²) in [5.74, 6) is -5.28. The number of nitrogens with one attached hydrogen (secondary N) is 1. The van der Waals surface area contributed by atoms with Gasteiger partial charge in [-0.1, -0.05) is 0 Å². The minimum absolute atomic E-state index is 0.110. The van der Waals surface area contributed by atoms with E-state index in [0.717, 1.165) is 0 Å². The highest BCUT2D eigenvalue weighted by molar-refractivity contribution is 7.54. The molecule has 1 atom stereocenters. The number of ketones is 1. The summed E-state index contributed by atoms with van der Waals surface area (Å²) in [5.41, 5.74) is 0. The lowest BCUT2D eigenvalue weighted by Crippen LogP contribution is -2.40. The molecule has 1 N–H and O–H groups in total. The topological polar surface area (TPSA) is 64.6 Å². The van der Waals surface area contributed by atoms with Crippen molar-refractivity contribution < 1.29 is 44.7 Å². The molecule has 0 aromatic heterocycles. The van der Waals surface area contributed by atoms with Crippen molar-refractivity contribution in [3.8, 4) is 0 Å². The second-order valence-electron chi connectivity index (χ2n) is 3.68. The summed E-state index contributed by atoms with van der Waals surface area (Å²) in [6.45, 7) is 1.78. The first-order valence-electron chi connectivity index (χ1n) is 5.87. The van der Waals surface area contributed by atoms with Gasteiger partial charge < -0.3 is 14.4 Å². The summed E-state index contributed by atoms with van der Waals surface area (Å²) in [6, 6.07) is 0. The first-order chi connectivity index (χ1) is 9.88. The predicted octanol–water partition coefficient (Wildman–Crippen LogP) is 3.38. The van der Waals surface area contributed by atoms with E-state index in [1.54, 1.807) is 0 Å². The Kier molecular flexibility index (Phi) is 7.60. The zero-order chi connectivity index (χ0) is 17.6. The van der Waals surface area contributed by atoms with Crippen LogP contribution in [0.3, 0.4) is 0 Å². The fourth-order valence-electron chi connectivity index (χ4n) is 1.22. The number of rotatable bonds is 8. The third-order valence-electron chi connectivity index (χ3n) is 2.01. The number of carbonyl (C=O) groups excluding carboxylic acids is 1. The second-order valence-corrected chi connectivity index (χ2v) is 5.79. The van der Waals surface area contributed by atoms with E-state index in [1.165, 1.54) is 19.2 Å². The van der Waals surface area contributed by atoms with Crippen molar-refractivity contribution in [1.82, 2.24) is 5.32 Å². The summed E-state index contributed by atoms with van der Waals surface area (Å²) in [5, 5.41) is 1.43. The molecule has 0 heterocycles. The van der Waals surface area contributed by atoms with Crippen molar-refractivity contribution in [3.63, 3.8) is 0 Å². The van der Waals surface area contributed by atoms with E-state index in [2.05, 4.69) is 9.05 Å². The molecule has 5 nitrogen and oxygen atoms in total. The Morgan fingerprint density at radius 3 is 1.91 bits per heavy atom. The number of hydrogen-bond acceptors (Lipinski definition) is 5. The van der Waals surface area contributed by atoms with E-state index in [0.29, 0.717) is 0 Å². The van der Waals surface area contributed by atoms with Crippen LogP contribution in [0.5, 0.6) is 0 Å². The van der Waals surface area contributed by atoms with E-state index in [9.17, 15) is 35.7 Å². The van der Waals surface area contributed by atoms with Gasteiger partial charge in [0.15, 0.2) is 0 Å². The Morgan fingerprint density at radius 2 is 1.59 bits per heavy atom. The van der Waals surface area contributed by atoms with Gasteiger partial charge >= 0.3 is 19.9 Å². The zero-order valence-electron chi connectivity index (χ0n) is 11.5. The number of hydrogen-bond donors (Lipinski definition) is 1. The third-order valence-corrected chi connectivity index (χ3v) is 4.32. The van der Waals surface area contributed by atoms with Gasteiger partial charge in [-0.15, -0.1) is 0 Å². The maximum atomic E-state index is 12.9. The highest BCUT2D eigenvalue weighted by Crippen LogP contribution is 2.56. The summed E-state index contributed by atoms with van der Waals surface area (Å²) >= 11 is 0. The van der Waals surface area contributed by atoms with Crippen LogP contribution in [0.2, 0.25) is 0 Å². The molecule has 0 amide bonds. The number of alkyl halides is 6. The number of halogens is 6. The van der Waals surface area contributed by atoms with Gasteiger partial charge in [0.1, 0.15) is 0 Å². The van der Waals surface area contributed by atoms with Crippen molar-refractivity contribution in [2.45, 2.75) is 32.0 Å². The smallest absolute Gasteiger partial charge is 0.370 e. The minimum Gasteiger partial charge on any atom is -0.370 e. The van der Waals surface area contributed by atoms with Crippen molar-refractivity contribution in [2.24, 2.45) is 0 Å². The third kappa shape index (κ3) is 6.37. The van der Waals surface area contributed by atoms with Gasteiger partial charge in [-0.3, -0.25) is 9.36 Å². The van der Waals surface area contributed by atoms with E-state index in [-0.39, 0.29) is 25.5 Å². The predicted molar refractivity (Wildman–Crippen MR) is 64.0 cm³/mol. The summed E-state index contributed by atoms with van der Waals surface area (Å²) in [4.78, 5) is 10.5. The molecule has 0 aliphatic rings. The molecule has 0 saturated heterocycles. The lowest BCUT2D eigenvalue weighted by Gasteiger charge is -2.27. The molecule has 0 bridgehead atoms. The maximum Gasteiger partial charge on any atom is 0.454 e. The normalized spacial score (nSPS) is 15.1. The lowest BCUT2D eigenvalue weighted by atomic mass is 10.4. The van der Waals surface area contributed by atoms with Crippen molar-refractivity contribution in [3.05, 3.63) is 12.3 Å². The van der Waals surface area contributed by atoms with E-state index >= 15 is 0 Å². The monoisotopic (exact) mass is 357 g/mol. The Hall–Kier alpha value is -1.06. The quantitative estimate of drug-likeness (QED) is 0.410. The lowest BCUT2D eigenvalue weighted by molar-refractivity contribution is -0.165. The van der Waals surface area contributed by atoms with Crippen molar-refractivity contribution in [1.29, 1.82) is 0 Å². The molecule has 0 aromatic rings. The summed E-state index contributed by atoms with van der Waals surface area (Å²) in [6.07, 6.45) is -10.4. The molecule has 0 radical (unpaired) electrons. The fraction of sp³-hybridized carbons (Fsp3) is 0.700. The second kappa shape index (κ2) is 7.98. The molecular weight excluding hydrogens is 343 g/mol. The van der Waals surface area contributed by atoms with Gasteiger partial charge in [0.05, 0.1) is 13.2 Å². The molecule has 0 saturated carbocycles. The Labute approximate surface area is 122 Å². The SMILES string of the molecule is CCOP(=O)(OCC)C(N/C=C/C(=O)C(F)(F)F)C(F)(F)F. The van der Waals surface area contributed by atoms with Crippen LogP contribution in [0.25, 0.3) is 0 Å². The highest BCUT2D eigenvalue weighted by atomic mass is 31.2. The standard InChI is InChI=1S/C10H14F6NO4P/c1-3-20-22(19,21-4-2)8(10(14,15)16)17-6-5-7(18)9(11,12)13/h5-6,8,17H,3-4H2,1-2H3/b6-5+. The number of carbonyl (C=O) groups is 1. The zero-order valence-corrected chi connectivity index (χ0v) is 12.4. The molecular formula is C10H14F6NO4P. The molecule has 0 aromatic carbocycles. The Balaban J connectivity index is 5.28. The Morgan fingerprint density at radius 1 is 1.14 bits per heavy atom. The van der Waals surface area contributed by atoms with Crippen LogP contribution < -0.4 is 5.32 Å². The Bertz CT molecular complexity index is 438. The van der Waals surface area contributed by atoms with Crippen LogP contribution in [0.4, 0.5) is 26.3 Å². The van der Waals surface area contributed by atoms with E-state index < -0.39 is 31.5 Å². The minimum atomic E-state index is -5.23. The summed E-state index contributed by atoms with van der Waals surface area (Å²) in [7, 11) is -4.73. The van der Waals surface area contributed by atoms with Crippen LogP contribution in [0, 0.1) is 0 Å². The van der Waals surface area contributed by atoms with Gasteiger partial charge in [0, 0.05) is 12.3 Å². The molecule has 0 rings (SSSR count). The molecule has 0 aliphatic heterocycles. The maximum absolute atomic E-state index is 12.9. The first kappa shape index (κ1) is 20.9. The van der Waals surface area contributed by atoms with E-state index in [4.69, 9.17) is 0 Å². The van der Waals surface area contributed by atoms with Gasteiger partial charge in [0.25, 0.3) is 5.78 Å². The van der Waals surface area contributed by atoms with Crippen LogP contribution in [0.1, 0.15) is 13.8 Å². The summed E-state index contributed by atoms with van der Waals surface area (Å²) < 4.78 is 95.5. The first-order valence-corrected chi connectivity index (χ1v) is 7.49.